The van der Waals surface area contributed by atoms with E-state index in [2.05, 4.69) is 15.7 Å². The first-order valence-corrected chi connectivity index (χ1v) is 9.99. The molecule has 2 aromatic rings. The van der Waals surface area contributed by atoms with Gasteiger partial charge in [0, 0.05) is 23.8 Å². The number of benzene rings is 1. The molecule has 8 heteroatoms. The highest BCUT2D eigenvalue weighted by Gasteiger charge is 2.25. The molecule has 0 saturated heterocycles. The van der Waals surface area contributed by atoms with Crippen molar-refractivity contribution >= 4 is 35.0 Å². The lowest BCUT2D eigenvalue weighted by Crippen LogP contribution is -2.50. The van der Waals surface area contributed by atoms with E-state index in [1.54, 1.807) is 12.1 Å². The van der Waals surface area contributed by atoms with Crippen molar-refractivity contribution in [2.24, 2.45) is 5.92 Å². The van der Waals surface area contributed by atoms with Gasteiger partial charge in [-0.05, 0) is 50.5 Å². The normalized spacial score (nSPS) is 12.1. The minimum atomic E-state index is -0.659. The molecule has 0 radical (unpaired) electrons. The van der Waals surface area contributed by atoms with E-state index in [9.17, 15) is 9.59 Å². The lowest BCUT2D eigenvalue weighted by molar-refractivity contribution is -0.123. The van der Waals surface area contributed by atoms with Crippen LogP contribution in [-0.4, -0.2) is 34.2 Å². The Morgan fingerprint density at radius 1 is 1.18 bits per heavy atom. The molecule has 0 unspecified atom stereocenters. The van der Waals surface area contributed by atoms with Crippen molar-refractivity contribution in [3.05, 3.63) is 51.3 Å². The number of carbonyl (C=O) groups is 2. The zero-order valence-electron chi connectivity index (χ0n) is 16.6. The molecule has 0 fully saturated rings. The van der Waals surface area contributed by atoms with Gasteiger partial charge in [0.2, 0.25) is 5.91 Å². The van der Waals surface area contributed by atoms with Crippen LogP contribution in [0, 0.1) is 19.8 Å². The van der Waals surface area contributed by atoms with Gasteiger partial charge in [-0.1, -0.05) is 37.0 Å². The van der Waals surface area contributed by atoms with E-state index in [0.29, 0.717) is 11.6 Å². The number of aromatic nitrogens is 2. The van der Waals surface area contributed by atoms with E-state index in [1.807, 2.05) is 38.4 Å². The van der Waals surface area contributed by atoms with Crippen LogP contribution in [0.15, 0.2) is 24.3 Å². The molecule has 0 bridgehead atoms. The molecular formula is C20H26Cl2N4O2. The fourth-order valence-electron chi connectivity index (χ4n) is 2.88. The summed E-state index contributed by atoms with van der Waals surface area (Å²) in [5, 5.41) is 10.8. The average Bonchev–Trinajstić information content (AvgIpc) is 2.93. The molecule has 0 aliphatic heterocycles. The smallest absolute Gasteiger partial charge is 0.253 e. The predicted molar refractivity (Wildman–Crippen MR) is 112 cm³/mol. The molecule has 1 heterocycles. The molecule has 0 saturated carbocycles. The summed E-state index contributed by atoms with van der Waals surface area (Å²) in [6.07, 6.45) is 0.746. The van der Waals surface area contributed by atoms with Gasteiger partial charge in [0.1, 0.15) is 6.04 Å². The number of nitrogens with one attached hydrogen (secondary N) is 2. The lowest BCUT2D eigenvalue weighted by Gasteiger charge is -2.22. The van der Waals surface area contributed by atoms with Gasteiger partial charge in [-0.25, -0.2) is 0 Å². The molecule has 2 rings (SSSR count). The fourth-order valence-corrected chi connectivity index (χ4v) is 3.37. The third-order valence-electron chi connectivity index (χ3n) is 4.36. The maximum absolute atomic E-state index is 12.6. The maximum Gasteiger partial charge on any atom is 0.253 e. The highest BCUT2D eigenvalue weighted by molar-refractivity contribution is 6.36. The van der Waals surface area contributed by atoms with Crippen LogP contribution in [0.5, 0.6) is 0 Å². The molecule has 1 aromatic heterocycles. The Morgan fingerprint density at radius 3 is 2.46 bits per heavy atom. The molecule has 0 aliphatic carbocycles. The van der Waals surface area contributed by atoms with E-state index >= 15 is 0 Å². The van der Waals surface area contributed by atoms with Crippen LogP contribution >= 0.6 is 23.2 Å². The van der Waals surface area contributed by atoms with E-state index in [-0.39, 0.29) is 22.4 Å². The van der Waals surface area contributed by atoms with Gasteiger partial charge < -0.3 is 10.6 Å². The second-order valence-electron chi connectivity index (χ2n) is 7.11. The van der Waals surface area contributed by atoms with E-state index in [0.717, 1.165) is 24.4 Å². The third kappa shape index (κ3) is 5.97. The van der Waals surface area contributed by atoms with E-state index < -0.39 is 11.9 Å². The monoisotopic (exact) mass is 424 g/mol. The Labute approximate surface area is 175 Å². The van der Waals surface area contributed by atoms with Crippen LogP contribution in [-0.2, 0) is 11.3 Å². The number of nitrogens with zero attached hydrogens (tertiary/aromatic N) is 2. The maximum atomic E-state index is 12.6. The average molecular weight is 425 g/mol. The number of amides is 2. The Kier molecular flexibility index (Phi) is 7.89. The Bertz CT molecular complexity index is 849. The van der Waals surface area contributed by atoms with Crippen LogP contribution in [0.2, 0.25) is 10.0 Å². The molecular weight excluding hydrogens is 399 g/mol. The largest absolute Gasteiger partial charge is 0.354 e. The van der Waals surface area contributed by atoms with Crippen molar-refractivity contribution in [3.63, 3.8) is 0 Å². The first-order valence-electron chi connectivity index (χ1n) is 9.23. The first-order chi connectivity index (χ1) is 13.2. The minimum Gasteiger partial charge on any atom is -0.354 e. The number of rotatable bonds is 8. The molecule has 2 N–H and O–H groups in total. The van der Waals surface area contributed by atoms with Crippen LogP contribution in [0.25, 0.3) is 0 Å². The second-order valence-corrected chi connectivity index (χ2v) is 7.96. The van der Waals surface area contributed by atoms with E-state index in [4.69, 9.17) is 23.2 Å². The summed E-state index contributed by atoms with van der Waals surface area (Å²) in [6.45, 7) is 8.93. The highest BCUT2D eigenvalue weighted by atomic mass is 35.5. The van der Waals surface area contributed by atoms with Crippen molar-refractivity contribution in [2.75, 3.05) is 6.54 Å². The minimum absolute atomic E-state index is 0.0777. The summed E-state index contributed by atoms with van der Waals surface area (Å²) in [5.74, 6) is -0.703. The van der Waals surface area contributed by atoms with Gasteiger partial charge in [-0.3, -0.25) is 14.3 Å². The fraction of sp³-hybridized carbons (Fsp3) is 0.450. The molecule has 0 aliphatic rings. The van der Waals surface area contributed by atoms with Crippen LogP contribution in [0.1, 0.15) is 42.0 Å². The standard InChI is InChI=1S/C20H26Cl2N4O2/c1-12(2)18(24-19(27)16-7-6-15(21)11-17(16)22)20(28)23-8-5-9-26-14(4)10-13(3)25-26/h6-7,10-12,18H,5,8-9H2,1-4H3,(H,23,28)(H,24,27)/t18-/m0/s1. The van der Waals surface area contributed by atoms with Gasteiger partial charge in [0.25, 0.3) is 5.91 Å². The topological polar surface area (TPSA) is 76.0 Å². The van der Waals surface area contributed by atoms with Gasteiger partial charge in [0.05, 0.1) is 16.3 Å². The summed E-state index contributed by atoms with van der Waals surface area (Å²) in [4.78, 5) is 25.1. The molecule has 1 atom stereocenters. The summed E-state index contributed by atoms with van der Waals surface area (Å²) in [5.41, 5.74) is 2.36. The predicted octanol–water partition coefficient (Wildman–Crippen LogP) is 3.77. The van der Waals surface area contributed by atoms with Gasteiger partial charge >= 0.3 is 0 Å². The first kappa shape index (κ1) is 22.2. The molecule has 0 spiro atoms. The third-order valence-corrected chi connectivity index (χ3v) is 4.91. The van der Waals surface area contributed by atoms with E-state index in [1.165, 1.54) is 6.07 Å². The van der Waals surface area contributed by atoms with Gasteiger partial charge in [-0.15, -0.1) is 0 Å². The highest BCUT2D eigenvalue weighted by Crippen LogP contribution is 2.21. The van der Waals surface area contributed by atoms with Crippen LogP contribution < -0.4 is 10.6 Å². The molecule has 2 amide bonds. The summed E-state index contributed by atoms with van der Waals surface area (Å²) >= 11 is 12.0. The van der Waals surface area contributed by atoms with Crippen LogP contribution in [0.3, 0.4) is 0 Å². The van der Waals surface area contributed by atoms with Crippen molar-refractivity contribution in [1.29, 1.82) is 0 Å². The summed E-state index contributed by atoms with van der Waals surface area (Å²) in [6, 6.07) is 6.00. The Balaban J connectivity index is 1.90. The zero-order chi connectivity index (χ0) is 20.8. The number of aryl methyl sites for hydroxylation is 3. The lowest BCUT2D eigenvalue weighted by atomic mass is 10.0. The number of hydrogen-bond donors (Lipinski definition) is 2. The quantitative estimate of drug-likeness (QED) is 0.633. The zero-order valence-corrected chi connectivity index (χ0v) is 18.1. The van der Waals surface area contributed by atoms with Gasteiger partial charge in [-0.2, -0.15) is 5.10 Å². The molecule has 152 valence electrons. The SMILES string of the molecule is Cc1cc(C)n(CCCNC(=O)[C@@H](NC(=O)c2ccc(Cl)cc2Cl)C(C)C)n1. The molecule has 6 nitrogen and oxygen atoms in total. The Morgan fingerprint density at radius 2 is 1.89 bits per heavy atom. The molecule has 1 aromatic carbocycles. The van der Waals surface area contributed by atoms with Crippen molar-refractivity contribution < 1.29 is 9.59 Å². The van der Waals surface area contributed by atoms with Crippen molar-refractivity contribution in [2.45, 2.75) is 46.7 Å². The van der Waals surface area contributed by atoms with Crippen molar-refractivity contribution in [1.82, 2.24) is 20.4 Å². The number of carbonyl (C=O) groups excluding carboxylic acids is 2. The summed E-state index contributed by atoms with van der Waals surface area (Å²) in [7, 11) is 0. The van der Waals surface area contributed by atoms with Crippen molar-refractivity contribution in [3.8, 4) is 0 Å². The summed E-state index contributed by atoms with van der Waals surface area (Å²) < 4.78 is 1.92. The molecule has 28 heavy (non-hydrogen) atoms. The second kappa shape index (κ2) is 9.94. The number of halogens is 2. The van der Waals surface area contributed by atoms with Gasteiger partial charge in [0.15, 0.2) is 0 Å². The Hall–Kier alpha value is -2.05. The van der Waals surface area contributed by atoms with Crippen LogP contribution in [0.4, 0.5) is 0 Å². The number of hydrogen-bond acceptors (Lipinski definition) is 3.